The van der Waals surface area contributed by atoms with Crippen LogP contribution in [0.3, 0.4) is 0 Å². The van der Waals surface area contributed by atoms with Crippen LogP contribution in [0, 0.1) is 0 Å². The molecule has 6 nitrogen and oxygen atoms in total. The highest BCUT2D eigenvalue weighted by molar-refractivity contribution is 5.88. The minimum atomic E-state index is -1.29. The molecule has 0 saturated carbocycles. The molecule has 0 aliphatic heterocycles. The van der Waals surface area contributed by atoms with Gasteiger partial charge in [0, 0.05) is 12.6 Å². The number of phenols is 1. The first-order valence-corrected chi connectivity index (χ1v) is 5.10. The van der Waals surface area contributed by atoms with Crippen LogP contribution in [-0.4, -0.2) is 26.0 Å². The molecule has 2 rings (SSSR count). The largest absolute Gasteiger partial charge is 0.508 e. The van der Waals surface area contributed by atoms with Crippen LogP contribution < -0.4 is 5.56 Å². The smallest absolute Gasteiger partial charge is 0.341 e. The van der Waals surface area contributed by atoms with Gasteiger partial charge < -0.3 is 10.2 Å². The molecule has 2 N–H and O–H groups in total. The molecule has 0 aliphatic carbocycles. The molecule has 0 radical (unpaired) electrons. The Labute approximate surface area is 102 Å². The molecule has 1 heterocycles. The summed E-state index contributed by atoms with van der Waals surface area (Å²) in [6.45, 7) is 0. The van der Waals surface area contributed by atoms with Gasteiger partial charge >= 0.3 is 5.97 Å². The number of rotatable bonds is 2. The Morgan fingerprint density at radius 2 is 1.89 bits per heavy atom. The van der Waals surface area contributed by atoms with Crippen molar-refractivity contribution in [1.29, 1.82) is 0 Å². The lowest BCUT2D eigenvalue weighted by molar-refractivity contribution is 0.0694. The maximum atomic E-state index is 11.5. The number of carbonyl (C=O) groups is 1. The number of aromatic hydroxyl groups is 1. The summed E-state index contributed by atoms with van der Waals surface area (Å²) in [6, 6.07) is 7.32. The van der Waals surface area contributed by atoms with Gasteiger partial charge in [0.15, 0.2) is 0 Å². The Balaban J connectivity index is 2.62. The van der Waals surface area contributed by atoms with Crippen LogP contribution in [0.15, 0.2) is 35.1 Å². The summed E-state index contributed by atoms with van der Waals surface area (Å²) in [4.78, 5) is 22.5. The van der Waals surface area contributed by atoms with Crippen LogP contribution in [0.25, 0.3) is 11.3 Å². The topological polar surface area (TPSA) is 92.4 Å². The number of hydrogen-bond donors (Lipinski definition) is 2. The zero-order chi connectivity index (χ0) is 13.3. The van der Waals surface area contributed by atoms with Gasteiger partial charge in [-0.2, -0.15) is 5.10 Å². The number of aromatic carboxylic acids is 1. The van der Waals surface area contributed by atoms with E-state index in [0.717, 1.165) is 4.68 Å². The van der Waals surface area contributed by atoms with Crippen LogP contribution in [0.5, 0.6) is 5.75 Å². The van der Waals surface area contributed by atoms with Gasteiger partial charge in [0.1, 0.15) is 11.3 Å². The summed E-state index contributed by atoms with van der Waals surface area (Å²) >= 11 is 0. The summed E-state index contributed by atoms with van der Waals surface area (Å²) in [5.74, 6) is -1.19. The zero-order valence-electron chi connectivity index (χ0n) is 9.49. The van der Waals surface area contributed by atoms with E-state index in [1.54, 1.807) is 12.1 Å². The lowest BCUT2D eigenvalue weighted by Gasteiger charge is -2.05. The molecule has 0 spiro atoms. The van der Waals surface area contributed by atoms with Crippen molar-refractivity contribution >= 4 is 5.97 Å². The lowest BCUT2D eigenvalue weighted by atomic mass is 10.1. The van der Waals surface area contributed by atoms with E-state index in [-0.39, 0.29) is 11.3 Å². The van der Waals surface area contributed by atoms with Gasteiger partial charge in [0.05, 0.1) is 5.69 Å². The average Bonchev–Trinajstić information content (AvgIpc) is 2.33. The van der Waals surface area contributed by atoms with Gasteiger partial charge in [-0.3, -0.25) is 4.79 Å². The van der Waals surface area contributed by atoms with E-state index < -0.39 is 11.5 Å². The average molecular weight is 246 g/mol. The first-order chi connectivity index (χ1) is 8.49. The van der Waals surface area contributed by atoms with Crippen LogP contribution in [0.4, 0.5) is 0 Å². The number of nitrogens with zero attached hydrogens (tertiary/aromatic N) is 2. The maximum Gasteiger partial charge on any atom is 0.341 e. The highest BCUT2D eigenvalue weighted by Crippen LogP contribution is 2.19. The third-order valence-corrected chi connectivity index (χ3v) is 2.46. The first kappa shape index (κ1) is 11.8. The fourth-order valence-corrected chi connectivity index (χ4v) is 1.54. The number of phenolic OH excluding ortho intramolecular Hbond substituents is 1. The number of carboxylic acid groups (broad SMARTS) is 1. The van der Waals surface area contributed by atoms with Crippen molar-refractivity contribution in [3.05, 3.63) is 46.2 Å². The van der Waals surface area contributed by atoms with Crippen molar-refractivity contribution in [2.24, 2.45) is 7.05 Å². The number of benzene rings is 1. The molecule has 6 heteroatoms. The number of aryl methyl sites for hydroxylation is 1. The Kier molecular flexibility index (Phi) is 2.85. The highest BCUT2D eigenvalue weighted by atomic mass is 16.4. The summed E-state index contributed by atoms with van der Waals surface area (Å²) < 4.78 is 0.978. The molecule has 0 saturated heterocycles. The maximum absolute atomic E-state index is 11.5. The quantitative estimate of drug-likeness (QED) is 0.819. The molecule has 2 aromatic rings. The second kappa shape index (κ2) is 4.33. The third kappa shape index (κ3) is 2.08. The van der Waals surface area contributed by atoms with Crippen molar-refractivity contribution < 1.29 is 15.0 Å². The van der Waals surface area contributed by atoms with Gasteiger partial charge in [-0.1, -0.05) is 0 Å². The van der Waals surface area contributed by atoms with Crippen molar-refractivity contribution in [3.63, 3.8) is 0 Å². The standard InChI is InChI=1S/C12H10N2O4/c1-14-11(16)9(12(17)18)6-10(13-14)7-2-4-8(15)5-3-7/h2-6,15H,1H3,(H,17,18). The molecular weight excluding hydrogens is 236 g/mol. The van der Waals surface area contributed by atoms with E-state index in [1.807, 2.05) is 0 Å². The molecular formula is C12H10N2O4. The van der Waals surface area contributed by atoms with Crippen LogP contribution in [-0.2, 0) is 7.05 Å². The molecule has 92 valence electrons. The second-order valence-corrected chi connectivity index (χ2v) is 3.72. The summed E-state index contributed by atoms with van der Waals surface area (Å²) in [6.07, 6.45) is 0. The molecule has 0 atom stereocenters. The van der Waals surface area contributed by atoms with Crippen molar-refractivity contribution in [2.75, 3.05) is 0 Å². The minimum Gasteiger partial charge on any atom is -0.508 e. The van der Waals surface area contributed by atoms with E-state index >= 15 is 0 Å². The number of hydrogen-bond acceptors (Lipinski definition) is 4. The van der Waals surface area contributed by atoms with E-state index in [1.165, 1.54) is 25.2 Å². The summed E-state index contributed by atoms with van der Waals surface area (Å²) in [5.41, 5.74) is -0.0268. The molecule has 0 unspecified atom stereocenters. The van der Waals surface area contributed by atoms with Gasteiger partial charge in [-0.05, 0) is 30.3 Å². The molecule has 0 amide bonds. The Morgan fingerprint density at radius 3 is 2.44 bits per heavy atom. The monoisotopic (exact) mass is 246 g/mol. The fourth-order valence-electron chi connectivity index (χ4n) is 1.54. The van der Waals surface area contributed by atoms with E-state index in [0.29, 0.717) is 11.3 Å². The highest BCUT2D eigenvalue weighted by Gasteiger charge is 2.13. The molecule has 1 aromatic carbocycles. The van der Waals surface area contributed by atoms with Crippen molar-refractivity contribution in [2.45, 2.75) is 0 Å². The van der Waals surface area contributed by atoms with E-state index in [4.69, 9.17) is 5.11 Å². The van der Waals surface area contributed by atoms with Gasteiger partial charge in [-0.25, -0.2) is 9.48 Å². The minimum absolute atomic E-state index is 0.0991. The van der Waals surface area contributed by atoms with E-state index in [9.17, 15) is 14.7 Å². The Bertz CT molecular complexity index is 659. The van der Waals surface area contributed by atoms with Crippen LogP contribution >= 0.6 is 0 Å². The zero-order valence-corrected chi connectivity index (χ0v) is 9.49. The summed E-state index contributed by atoms with van der Waals surface area (Å²) in [7, 11) is 1.39. The van der Waals surface area contributed by atoms with Gasteiger partial charge in [-0.15, -0.1) is 0 Å². The van der Waals surface area contributed by atoms with Crippen molar-refractivity contribution in [1.82, 2.24) is 9.78 Å². The molecule has 18 heavy (non-hydrogen) atoms. The predicted molar refractivity (Wildman–Crippen MR) is 63.5 cm³/mol. The fraction of sp³-hybridized carbons (Fsp3) is 0.0833. The molecule has 0 fully saturated rings. The molecule has 0 aliphatic rings. The Hall–Kier alpha value is -2.63. The van der Waals surface area contributed by atoms with Crippen LogP contribution in [0.1, 0.15) is 10.4 Å². The van der Waals surface area contributed by atoms with E-state index in [2.05, 4.69) is 5.10 Å². The molecule has 1 aromatic heterocycles. The van der Waals surface area contributed by atoms with Crippen molar-refractivity contribution in [3.8, 4) is 17.0 Å². The normalized spacial score (nSPS) is 10.3. The summed E-state index contributed by atoms with van der Waals surface area (Å²) in [5, 5.41) is 22.1. The first-order valence-electron chi connectivity index (χ1n) is 5.10. The predicted octanol–water partition coefficient (Wildman–Crippen LogP) is 0.851. The van der Waals surface area contributed by atoms with Crippen LogP contribution in [0.2, 0.25) is 0 Å². The Morgan fingerprint density at radius 1 is 1.28 bits per heavy atom. The number of aromatic nitrogens is 2. The molecule has 0 bridgehead atoms. The van der Waals surface area contributed by atoms with Gasteiger partial charge in [0.25, 0.3) is 5.56 Å². The lowest BCUT2D eigenvalue weighted by Crippen LogP contribution is -2.26. The third-order valence-electron chi connectivity index (χ3n) is 2.46. The second-order valence-electron chi connectivity index (χ2n) is 3.72. The number of carboxylic acids is 1. The SMILES string of the molecule is Cn1nc(-c2ccc(O)cc2)cc(C(=O)O)c1=O. The van der Waals surface area contributed by atoms with Gasteiger partial charge in [0.2, 0.25) is 0 Å².